The van der Waals surface area contributed by atoms with Crippen molar-refractivity contribution >= 4 is 0 Å². The second kappa shape index (κ2) is 14.7. The number of unbranched alkanes of at least 4 members (excludes halogenated alkanes) is 6. The summed E-state index contributed by atoms with van der Waals surface area (Å²) >= 11 is 0. The molecule has 0 spiro atoms. The van der Waals surface area contributed by atoms with Crippen LogP contribution in [0.15, 0.2) is 36.9 Å². The molecule has 1 nitrogen and oxygen atoms in total. The van der Waals surface area contributed by atoms with Gasteiger partial charge in [-0.2, -0.15) is 0 Å². The van der Waals surface area contributed by atoms with Crippen molar-refractivity contribution < 1.29 is 4.74 Å². The Labute approximate surface area is 181 Å². The fourth-order valence-electron chi connectivity index (χ4n) is 5.05. The Bertz CT molecular complexity index is 524. The molecule has 0 saturated heterocycles. The minimum absolute atomic E-state index is 0.632. The molecule has 1 atom stereocenters. The van der Waals surface area contributed by atoms with E-state index in [1.54, 1.807) is 0 Å². The van der Waals surface area contributed by atoms with E-state index in [-0.39, 0.29) is 0 Å². The van der Waals surface area contributed by atoms with Crippen molar-refractivity contribution in [2.75, 3.05) is 6.61 Å². The van der Waals surface area contributed by atoms with Gasteiger partial charge in [-0.1, -0.05) is 96.3 Å². The van der Waals surface area contributed by atoms with Crippen LogP contribution in [0.2, 0.25) is 0 Å². The SMILES string of the molecule is C=CCC(c1ccc(OCCCCCCC)cc1)C1CCC(CCCCC)CC1. The predicted octanol–water partition coefficient (Wildman–Crippen LogP) is 9.08. The fourth-order valence-corrected chi connectivity index (χ4v) is 5.05. The Kier molecular flexibility index (Phi) is 12.2. The minimum atomic E-state index is 0.632. The van der Waals surface area contributed by atoms with Crippen molar-refractivity contribution in [3.8, 4) is 5.75 Å². The standard InChI is InChI=1S/C28H46O/c1-4-7-9-10-12-23-29-27-21-19-26(20-22-27)28(13-6-3)25-17-15-24(16-18-25)14-11-8-5-2/h6,19-22,24-25,28H,3-5,7-18,23H2,1-2H3. The Hall–Kier alpha value is -1.24. The average molecular weight is 399 g/mol. The third-order valence-electron chi connectivity index (χ3n) is 6.92. The molecule has 164 valence electrons. The van der Waals surface area contributed by atoms with Crippen molar-refractivity contribution in [2.45, 2.75) is 110 Å². The van der Waals surface area contributed by atoms with Gasteiger partial charge in [0, 0.05) is 0 Å². The number of allylic oxidation sites excluding steroid dienone is 1. The lowest BCUT2D eigenvalue weighted by Gasteiger charge is -2.34. The molecule has 2 rings (SSSR count). The van der Waals surface area contributed by atoms with Gasteiger partial charge in [0.1, 0.15) is 5.75 Å². The highest BCUT2D eigenvalue weighted by Gasteiger charge is 2.27. The molecule has 0 bridgehead atoms. The van der Waals surface area contributed by atoms with Crippen LogP contribution in [0.25, 0.3) is 0 Å². The van der Waals surface area contributed by atoms with Crippen LogP contribution >= 0.6 is 0 Å². The molecule has 0 amide bonds. The molecule has 1 aliphatic rings. The first-order chi connectivity index (χ1) is 14.3. The second-order valence-corrected chi connectivity index (χ2v) is 9.24. The summed E-state index contributed by atoms with van der Waals surface area (Å²) in [7, 11) is 0. The van der Waals surface area contributed by atoms with Crippen molar-refractivity contribution in [2.24, 2.45) is 11.8 Å². The lowest BCUT2D eigenvalue weighted by Crippen LogP contribution is -2.20. The van der Waals surface area contributed by atoms with Gasteiger partial charge in [-0.3, -0.25) is 0 Å². The highest BCUT2D eigenvalue weighted by atomic mass is 16.5. The number of benzene rings is 1. The largest absolute Gasteiger partial charge is 0.494 e. The molecule has 1 aromatic rings. The molecular weight excluding hydrogens is 352 g/mol. The quantitative estimate of drug-likeness (QED) is 0.211. The zero-order valence-electron chi connectivity index (χ0n) is 19.3. The molecule has 29 heavy (non-hydrogen) atoms. The third kappa shape index (κ3) is 8.97. The summed E-state index contributed by atoms with van der Waals surface area (Å²) in [6.45, 7) is 9.47. The van der Waals surface area contributed by atoms with Crippen LogP contribution in [0, 0.1) is 11.8 Å². The van der Waals surface area contributed by atoms with E-state index in [2.05, 4.69) is 50.8 Å². The third-order valence-corrected chi connectivity index (χ3v) is 6.92. The lowest BCUT2D eigenvalue weighted by atomic mass is 9.71. The molecule has 0 aliphatic heterocycles. The van der Waals surface area contributed by atoms with Crippen molar-refractivity contribution in [1.82, 2.24) is 0 Å². The Morgan fingerprint density at radius 1 is 0.897 bits per heavy atom. The summed E-state index contributed by atoms with van der Waals surface area (Å²) in [5.74, 6) is 3.46. The van der Waals surface area contributed by atoms with E-state index >= 15 is 0 Å². The van der Waals surface area contributed by atoms with E-state index in [1.165, 1.54) is 89.0 Å². The van der Waals surface area contributed by atoms with Crippen LogP contribution in [0.4, 0.5) is 0 Å². The van der Waals surface area contributed by atoms with Crippen LogP contribution in [-0.4, -0.2) is 6.61 Å². The minimum Gasteiger partial charge on any atom is -0.494 e. The van der Waals surface area contributed by atoms with Crippen molar-refractivity contribution in [1.29, 1.82) is 0 Å². The van der Waals surface area contributed by atoms with Crippen LogP contribution < -0.4 is 4.74 Å². The van der Waals surface area contributed by atoms with E-state index in [0.29, 0.717) is 5.92 Å². The van der Waals surface area contributed by atoms with E-state index in [9.17, 15) is 0 Å². The molecule has 1 fully saturated rings. The molecule has 0 aromatic heterocycles. The maximum Gasteiger partial charge on any atom is 0.119 e. The first kappa shape index (κ1) is 24.0. The number of ether oxygens (including phenoxy) is 1. The maximum absolute atomic E-state index is 5.97. The molecule has 1 aromatic carbocycles. The van der Waals surface area contributed by atoms with Gasteiger partial charge in [-0.15, -0.1) is 6.58 Å². The van der Waals surface area contributed by atoms with E-state index in [4.69, 9.17) is 4.74 Å². The molecule has 1 heteroatoms. The molecule has 0 heterocycles. The van der Waals surface area contributed by atoms with E-state index < -0.39 is 0 Å². The molecule has 1 unspecified atom stereocenters. The molecular formula is C28H46O. The van der Waals surface area contributed by atoms with Gasteiger partial charge < -0.3 is 4.74 Å². The van der Waals surface area contributed by atoms with E-state index in [1.807, 2.05) is 0 Å². The van der Waals surface area contributed by atoms with Crippen molar-refractivity contribution in [3.05, 3.63) is 42.5 Å². The van der Waals surface area contributed by atoms with Gasteiger partial charge in [0.15, 0.2) is 0 Å². The maximum atomic E-state index is 5.97. The predicted molar refractivity (Wildman–Crippen MR) is 128 cm³/mol. The van der Waals surface area contributed by atoms with Crippen LogP contribution in [0.5, 0.6) is 5.75 Å². The summed E-state index contributed by atoms with van der Waals surface area (Å²) < 4.78 is 5.97. The Balaban J connectivity index is 1.80. The molecule has 0 N–H and O–H groups in total. The lowest BCUT2D eigenvalue weighted by molar-refractivity contribution is 0.230. The monoisotopic (exact) mass is 398 g/mol. The van der Waals surface area contributed by atoms with Crippen LogP contribution in [0.1, 0.15) is 115 Å². The Morgan fingerprint density at radius 2 is 1.55 bits per heavy atom. The first-order valence-corrected chi connectivity index (χ1v) is 12.6. The smallest absolute Gasteiger partial charge is 0.119 e. The summed E-state index contributed by atoms with van der Waals surface area (Å²) in [6, 6.07) is 9.00. The summed E-state index contributed by atoms with van der Waals surface area (Å²) in [4.78, 5) is 0. The summed E-state index contributed by atoms with van der Waals surface area (Å²) in [5, 5.41) is 0. The van der Waals surface area contributed by atoms with Gasteiger partial charge in [0.05, 0.1) is 6.61 Å². The van der Waals surface area contributed by atoms with E-state index in [0.717, 1.165) is 30.6 Å². The number of rotatable bonds is 15. The summed E-state index contributed by atoms with van der Waals surface area (Å²) in [6.07, 6.45) is 21.0. The zero-order chi connectivity index (χ0) is 20.7. The molecule has 1 aliphatic carbocycles. The topological polar surface area (TPSA) is 9.23 Å². The number of hydrogen-bond donors (Lipinski definition) is 0. The molecule has 0 radical (unpaired) electrons. The van der Waals surface area contributed by atoms with Gasteiger partial charge in [0.2, 0.25) is 0 Å². The highest BCUT2D eigenvalue weighted by molar-refractivity contribution is 5.30. The molecule has 1 saturated carbocycles. The van der Waals surface area contributed by atoms with Gasteiger partial charge >= 0.3 is 0 Å². The highest BCUT2D eigenvalue weighted by Crippen LogP contribution is 2.41. The first-order valence-electron chi connectivity index (χ1n) is 12.6. The average Bonchev–Trinajstić information content (AvgIpc) is 2.76. The van der Waals surface area contributed by atoms with Gasteiger partial charge in [0.25, 0.3) is 0 Å². The van der Waals surface area contributed by atoms with Crippen LogP contribution in [-0.2, 0) is 0 Å². The summed E-state index contributed by atoms with van der Waals surface area (Å²) in [5.41, 5.74) is 1.48. The number of hydrogen-bond acceptors (Lipinski definition) is 1. The van der Waals surface area contributed by atoms with Crippen LogP contribution in [0.3, 0.4) is 0 Å². The van der Waals surface area contributed by atoms with Crippen molar-refractivity contribution in [3.63, 3.8) is 0 Å². The second-order valence-electron chi connectivity index (χ2n) is 9.24. The zero-order valence-corrected chi connectivity index (χ0v) is 19.3. The van der Waals surface area contributed by atoms with Gasteiger partial charge in [-0.25, -0.2) is 0 Å². The normalized spacial score (nSPS) is 20.3. The van der Waals surface area contributed by atoms with Gasteiger partial charge in [-0.05, 0) is 61.1 Å². The fraction of sp³-hybridized carbons (Fsp3) is 0.714. The Morgan fingerprint density at radius 3 is 2.21 bits per heavy atom.